The van der Waals surface area contributed by atoms with Crippen LogP contribution in [-0.2, 0) is 6.61 Å². The van der Waals surface area contributed by atoms with Gasteiger partial charge in [-0.05, 0) is 29.8 Å². The lowest BCUT2D eigenvalue weighted by atomic mass is 10.1. The normalized spacial score (nSPS) is 10.6. The van der Waals surface area contributed by atoms with Gasteiger partial charge >= 0.3 is 0 Å². The predicted octanol–water partition coefficient (Wildman–Crippen LogP) is 4.30. The maximum absolute atomic E-state index is 6.12. The fourth-order valence-corrected chi connectivity index (χ4v) is 3.01. The largest absolute Gasteiger partial charge is 0.497 e. The molecule has 0 N–H and O–H groups in total. The highest BCUT2D eigenvalue weighted by atomic mass is 16.5. The summed E-state index contributed by atoms with van der Waals surface area (Å²) in [5.41, 5.74) is 2.33. The molecule has 0 atom stereocenters. The Balaban J connectivity index is 1.70. The number of fused-ring (bicyclic) bond motifs is 1. The third kappa shape index (κ3) is 4.10. The molecular formula is C23H21N3O4. The van der Waals surface area contributed by atoms with Crippen LogP contribution in [0.3, 0.4) is 0 Å². The Kier molecular flexibility index (Phi) is 5.61. The minimum Gasteiger partial charge on any atom is -0.497 e. The van der Waals surface area contributed by atoms with Crippen molar-refractivity contribution in [2.24, 2.45) is 0 Å². The maximum Gasteiger partial charge on any atom is 0.178 e. The lowest BCUT2D eigenvalue weighted by Crippen LogP contribution is -1.99. The molecule has 0 fully saturated rings. The van der Waals surface area contributed by atoms with Gasteiger partial charge in [0.05, 0.1) is 33.7 Å². The summed E-state index contributed by atoms with van der Waals surface area (Å²) < 4.78 is 21.9. The third-order valence-corrected chi connectivity index (χ3v) is 4.59. The van der Waals surface area contributed by atoms with Crippen LogP contribution in [0.2, 0.25) is 0 Å². The number of hydrogen-bond acceptors (Lipinski definition) is 7. The van der Waals surface area contributed by atoms with Crippen molar-refractivity contribution < 1.29 is 18.9 Å². The third-order valence-electron chi connectivity index (χ3n) is 4.59. The highest BCUT2D eigenvalue weighted by Gasteiger charge is 2.12. The van der Waals surface area contributed by atoms with Crippen molar-refractivity contribution in [2.75, 3.05) is 21.3 Å². The van der Waals surface area contributed by atoms with Crippen LogP contribution in [0, 0.1) is 0 Å². The van der Waals surface area contributed by atoms with Crippen molar-refractivity contribution in [3.05, 3.63) is 66.5 Å². The summed E-state index contributed by atoms with van der Waals surface area (Å²) in [6.45, 7) is 0.365. The van der Waals surface area contributed by atoms with Crippen LogP contribution < -0.4 is 18.9 Å². The molecule has 0 unspecified atom stereocenters. The second-order valence-electron chi connectivity index (χ2n) is 6.48. The number of pyridine rings is 1. The number of ether oxygens (including phenoxy) is 4. The Morgan fingerprint density at radius 2 is 1.53 bits per heavy atom. The number of hydrogen-bond donors (Lipinski definition) is 0. The van der Waals surface area contributed by atoms with Crippen LogP contribution in [0.4, 0.5) is 0 Å². The molecule has 0 saturated heterocycles. The molecule has 0 aliphatic carbocycles. The first-order chi connectivity index (χ1) is 14.7. The molecule has 0 bridgehead atoms. The highest BCUT2D eigenvalue weighted by molar-refractivity contribution is 5.87. The fraction of sp³-hybridized carbons (Fsp3) is 0.174. The molecular weight excluding hydrogens is 382 g/mol. The van der Waals surface area contributed by atoms with E-state index < -0.39 is 0 Å². The minimum absolute atomic E-state index is 0.365. The quantitative estimate of drug-likeness (QED) is 0.455. The van der Waals surface area contributed by atoms with E-state index in [4.69, 9.17) is 23.9 Å². The second-order valence-corrected chi connectivity index (χ2v) is 6.48. The van der Waals surface area contributed by atoms with Gasteiger partial charge < -0.3 is 18.9 Å². The Bertz CT molecular complexity index is 1160. The van der Waals surface area contributed by atoms with E-state index in [0.717, 1.165) is 16.7 Å². The summed E-state index contributed by atoms with van der Waals surface area (Å²) in [6.07, 6.45) is 3.23. The molecule has 0 aliphatic heterocycles. The molecule has 0 saturated carbocycles. The number of aromatic nitrogens is 3. The van der Waals surface area contributed by atoms with Gasteiger partial charge in [-0.25, -0.2) is 15.0 Å². The zero-order valence-electron chi connectivity index (χ0n) is 17.0. The molecule has 7 heteroatoms. The van der Waals surface area contributed by atoms with E-state index in [0.29, 0.717) is 40.9 Å². The molecule has 0 radical (unpaired) electrons. The number of methoxy groups -OCH3 is 3. The van der Waals surface area contributed by atoms with Crippen molar-refractivity contribution in [3.63, 3.8) is 0 Å². The van der Waals surface area contributed by atoms with Gasteiger partial charge in [0.2, 0.25) is 0 Å². The first kappa shape index (κ1) is 19.4. The predicted molar refractivity (Wildman–Crippen MR) is 113 cm³/mol. The van der Waals surface area contributed by atoms with Gasteiger partial charge in [-0.3, -0.25) is 0 Å². The summed E-state index contributed by atoms with van der Waals surface area (Å²) in [7, 11) is 4.84. The first-order valence-corrected chi connectivity index (χ1v) is 9.31. The van der Waals surface area contributed by atoms with E-state index in [1.807, 2.05) is 48.5 Å². The molecule has 30 heavy (non-hydrogen) atoms. The molecule has 2 aromatic heterocycles. The number of benzene rings is 2. The van der Waals surface area contributed by atoms with Gasteiger partial charge in [0, 0.05) is 11.5 Å². The smallest absolute Gasteiger partial charge is 0.178 e. The monoisotopic (exact) mass is 403 g/mol. The molecule has 0 amide bonds. The van der Waals surface area contributed by atoms with E-state index in [1.165, 1.54) is 0 Å². The molecule has 152 valence electrons. The number of rotatable bonds is 7. The van der Waals surface area contributed by atoms with Crippen molar-refractivity contribution in [3.8, 4) is 34.5 Å². The van der Waals surface area contributed by atoms with Crippen LogP contribution in [-0.4, -0.2) is 36.3 Å². The maximum atomic E-state index is 6.12. The average Bonchev–Trinajstić information content (AvgIpc) is 2.82. The highest BCUT2D eigenvalue weighted by Crippen LogP contribution is 2.32. The van der Waals surface area contributed by atoms with E-state index in [-0.39, 0.29) is 0 Å². The Labute approximate surface area is 174 Å². The average molecular weight is 403 g/mol. The van der Waals surface area contributed by atoms with E-state index in [2.05, 4.69) is 9.97 Å². The minimum atomic E-state index is 0.365. The molecule has 2 heterocycles. The van der Waals surface area contributed by atoms with E-state index in [9.17, 15) is 0 Å². The fourth-order valence-electron chi connectivity index (χ4n) is 3.01. The molecule has 4 rings (SSSR count). The van der Waals surface area contributed by atoms with Gasteiger partial charge in [-0.2, -0.15) is 0 Å². The lowest BCUT2D eigenvalue weighted by Gasteiger charge is -2.12. The van der Waals surface area contributed by atoms with Gasteiger partial charge in [0.25, 0.3) is 0 Å². The van der Waals surface area contributed by atoms with E-state index >= 15 is 0 Å². The van der Waals surface area contributed by atoms with Crippen LogP contribution in [0.5, 0.6) is 23.0 Å². The summed E-state index contributed by atoms with van der Waals surface area (Å²) in [6, 6.07) is 15.3. The zero-order chi connectivity index (χ0) is 20.9. The Morgan fingerprint density at radius 1 is 0.767 bits per heavy atom. The Hall–Kier alpha value is -3.87. The standard InChI is InChI=1S/C23H21N3O4/c1-27-17-6-4-5-15(9-17)14-30-21-11-18(28-2)10-16-7-8-20(26-22(16)21)23-24-12-19(29-3)13-25-23/h4-13H,14H2,1-3H3. The lowest BCUT2D eigenvalue weighted by molar-refractivity contribution is 0.306. The van der Waals surface area contributed by atoms with Gasteiger partial charge in [-0.1, -0.05) is 18.2 Å². The molecule has 0 spiro atoms. The first-order valence-electron chi connectivity index (χ1n) is 9.31. The van der Waals surface area contributed by atoms with Gasteiger partial charge in [0.15, 0.2) is 11.6 Å². The second kappa shape index (κ2) is 8.65. The Morgan fingerprint density at radius 3 is 2.27 bits per heavy atom. The van der Waals surface area contributed by atoms with Crippen LogP contribution in [0.15, 0.2) is 60.9 Å². The topological polar surface area (TPSA) is 75.6 Å². The molecule has 0 aliphatic rings. The van der Waals surface area contributed by atoms with Crippen LogP contribution in [0.1, 0.15) is 5.56 Å². The summed E-state index contributed by atoms with van der Waals surface area (Å²) >= 11 is 0. The number of nitrogens with zero attached hydrogens (tertiary/aromatic N) is 3. The summed E-state index contributed by atoms with van der Waals surface area (Å²) in [5.74, 6) is 3.18. The van der Waals surface area contributed by atoms with Crippen molar-refractivity contribution in [1.29, 1.82) is 0 Å². The SMILES string of the molecule is COc1cnc(-c2ccc3cc(OC)cc(OCc4cccc(OC)c4)c3n2)nc1. The van der Waals surface area contributed by atoms with Crippen LogP contribution in [0.25, 0.3) is 22.4 Å². The zero-order valence-corrected chi connectivity index (χ0v) is 17.0. The van der Waals surface area contributed by atoms with Crippen molar-refractivity contribution >= 4 is 10.9 Å². The van der Waals surface area contributed by atoms with Crippen LogP contribution >= 0.6 is 0 Å². The summed E-state index contributed by atoms with van der Waals surface area (Å²) in [5, 5.41) is 0.896. The van der Waals surface area contributed by atoms with E-state index in [1.54, 1.807) is 33.7 Å². The van der Waals surface area contributed by atoms with Crippen molar-refractivity contribution in [1.82, 2.24) is 15.0 Å². The molecule has 4 aromatic rings. The summed E-state index contributed by atoms with van der Waals surface area (Å²) in [4.78, 5) is 13.4. The molecule has 2 aromatic carbocycles. The molecule has 7 nitrogen and oxygen atoms in total. The van der Waals surface area contributed by atoms with Crippen molar-refractivity contribution in [2.45, 2.75) is 6.61 Å². The van der Waals surface area contributed by atoms with Gasteiger partial charge in [0.1, 0.15) is 35.1 Å². The van der Waals surface area contributed by atoms with Gasteiger partial charge in [-0.15, -0.1) is 0 Å².